The van der Waals surface area contributed by atoms with Gasteiger partial charge in [0.25, 0.3) is 5.91 Å². The summed E-state index contributed by atoms with van der Waals surface area (Å²) in [6.07, 6.45) is 9.42. The van der Waals surface area contributed by atoms with Crippen molar-refractivity contribution in [1.29, 1.82) is 0 Å². The number of nitrogens with one attached hydrogen (secondary N) is 1. The van der Waals surface area contributed by atoms with Gasteiger partial charge in [-0.1, -0.05) is 19.4 Å². The summed E-state index contributed by atoms with van der Waals surface area (Å²) in [6, 6.07) is 4.12. The van der Waals surface area contributed by atoms with Crippen molar-refractivity contribution in [1.82, 2.24) is 14.8 Å². The Bertz CT molecular complexity index is 701. The van der Waals surface area contributed by atoms with E-state index in [1.165, 1.54) is 18.4 Å². The predicted octanol–water partition coefficient (Wildman–Crippen LogP) is 4.15. The first kappa shape index (κ1) is 16.7. The number of hydrogen-bond donors (Lipinski definition) is 1. The standard InChI is InChI=1S/C19H26N4O/c1-4-5-6-15-7-10-17(20-12-15)19(24)22-18-13(2)11-21-23(18)14(3)16-8-9-16/h7,10-12,14,16H,4-6,8-9H2,1-3H3,(H,22,24)/t14-/m0/s1. The van der Waals surface area contributed by atoms with E-state index in [0.717, 1.165) is 30.6 Å². The van der Waals surface area contributed by atoms with Crippen molar-refractivity contribution in [3.63, 3.8) is 0 Å². The topological polar surface area (TPSA) is 59.8 Å². The molecule has 128 valence electrons. The summed E-state index contributed by atoms with van der Waals surface area (Å²) in [6.45, 7) is 6.31. The maximum atomic E-state index is 12.5. The van der Waals surface area contributed by atoms with E-state index in [4.69, 9.17) is 0 Å². The molecule has 0 bridgehead atoms. The number of anilines is 1. The van der Waals surface area contributed by atoms with Crippen LogP contribution >= 0.6 is 0 Å². The molecule has 1 aliphatic rings. The largest absolute Gasteiger partial charge is 0.305 e. The van der Waals surface area contributed by atoms with Crippen LogP contribution in [-0.2, 0) is 6.42 Å². The maximum absolute atomic E-state index is 12.5. The first-order valence-electron chi connectivity index (χ1n) is 8.90. The number of unbranched alkanes of at least 4 members (excludes halogenated alkanes) is 1. The minimum absolute atomic E-state index is 0.176. The van der Waals surface area contributed by atoms with E-state index in [9.17, 15) is 4.79 Å². The Morgan fingerprint density at radius 3 is 2.79 bits per heavy atom. The molecular weight excluding hydrogens is 300 g/mol. The van der Waals surface area contributed by atoms with Crippen LogP contribution in [0.4, 0.5) is 5.82 Å². The first-order chi connectivity index (χ1) is 11.6. The van der Waals surface area contributed by atoms with Crippen LogP contribution in [0.5, 0.6) is 0 Å². The summed E-state index contributed by atoms with van der Waals surface area (Å²) in [5.74, 6) is 1.29. The Labute approximate surface area is 143 Å². The zero-order chi connectivity index (χ0) is 17.1. The van der Waals surface area contributed by atoms with Gasteiger partial charge in [0.2, 0.25) is 0 Å². The molecule has 2 aromatic heterocycles. The minimum Gasteiger partial charge on any atom is -0.305 e. The van der Waals surface area contributed by atoms with Gasteiger partial charge in [0, 0.05) is 11.8 Å². The van der Waals surface area contributed by atoms with Crippen molar-refractivity contribution < 1.29 is 4.79 Å². The average Bonchev–Trinajstić information content (AvgIpc) is 3.38. The molecule has 0 spiro atoms. The van der Waals surface area contributed by atoms with Gasteiger partial charge in [-0.05, 0) is 57.1 Å². The lowest BCUT2D eigenvalue weighted by Crippen LogP contribution is -2.20. The zero-order valence-electron chi connectivity index (χ0n) is 14.7. The fraction of sp³-hybridized carbons (Fsp3) is 0.526. The third kappa shape index (κ3) is 3.66. The van der Waals surface area contributed by atoms with Gasteiger partial charge in [0.1, 0.15) is 11.5 Å². The van der Waals surface area contributed by atoms with Crippen LogP contribution in [0.2, 0.25) is 0 Å². The first-order valence-corrected chi connectivity index (χ1v) is 8.90. The molecule has 1 atom stereocenters. The monoisotopic (exact) mass is 326 g/mol. The molecule has 1 N–H and O–H groups in total. The van der Waals surface area contributed by atoms with E-state index in [0.29, 0.717) is 17.7 Å². The van der Waals surface area contributed by atoms with Crippen LogP contribution in [0.15, 0.2) is 24.5 Å². The highest BCUT2D eigenvalue weighted by Crippen LogP contribution is 2.40. The van der Waals surface area contributed by atoms with Gasteiger partial charge in [0.05, 0.1) is 12.2 Å². The van der Waals surface area contributed by atoms with E-state index in [1.807, 2.05) is 30.1 Å². The number of carbonyl (C=O) groups is 1. The lowest BCUT2D eigenvalue weighted by molar-refractivity contribution is 0.102. The van der Waals surface area contributed by atoms with Crippen molar-refractivity contribution in [2.75, 3.05) is 5.32 Å². The van der Waals surface area contributed by atoms with Crippen molar-refractivity contribution in [2.24, 2.45) is 5.92 Å². The molecule has 0 aromatic carbocycles. The number of nitrogens with zero attached hydrogens (tertiary/aromatic N) is 3. The fourth-order valence-electron chi connectivity index (χ4n) is 2.95. The highest BCUT2D eigenvalue weighted by atomic mass is 16.2. The predicted molar refractivity (Wildman–Crippen MR) is 95.2 cm³/mol. The Hall–Kier alpha value is -2.17. The van der Waals surface area contributed by atoms with Gasteiger partial charge < -0.3 is 5.32 Å². The summed E-state index contributed by atoms with van der Waals surface area (Å²) in [5.41, 5.74) is 2.61. The summed E-state index contributed by atoms with van der Waals surface area (Å²) in [4.78, 5) is 16.9. The highest BCUT2D eigenvalue weighted by Gasteiger charge is 2.31. The molecule has 0 aliphatic heterocycles. The molecule has 1 fully saturated rings. The summed E-state index contributed by atoms with van der Waals surface area (Å²) < 4.78 is 1.94. The molecule has 24 heavy (non-hydrogen) atoms. The summed E-state index contributed by atoms with van der Waals surface area (Å²) in [5, 5.41) is 7.45. The van der Waals surface area contributed by atoms with Crippen molar-refractivity contribution >= 4 is 11.7 Å². The van der Waals surface area contributed by atoms with Crippen LogP contribution < -0.4 is 5.32 Å². The van der Waals surface area contributed by atoms with Crippen LogP contribution in [0.25, 0.3) is 0 Å². The van der Waals surface area contributed by atoms with E-state index >= 15 is 0 Å². The second-order valence-electron chi connectivity index (χ2n) is 6.81. The van der Waals surface area contributed by atoms with Crippen LogP contribution in [-0.4, -0.2) is 20.7 Å². The summed E-state index contributed by atoms with van der Waals surface area (Å²) in [7, 11) is 0. The van der Waals surface area contributed by atoms with E-state index in [2.05, 4.69) is 29.2 Å². The quantitative estimate of drug-likeness (QED) is 0.831. The number of carbonyl (C=O) groups excluding carboxylic acids is 1. The average molecular weight is 326 g/mol. The number of amides is 1. The van der Waals surface area contributed by atoms with Gasteiger partial charge in [-0.25, -0.2) is 4.68 Å². The Morgan fingerprint density at radius 2 is 2.17 bits per heavy atom. The van der Waals surface area contributed by atoms with Crippen LogP contribution in [0.1, 0.15) is 67.2 Å². The molecule has 5 nitrogen and oxygen atoms in total. The van der Waals surface area contributed by atoms with Gasteiger partial charge >= 0.3 is 0 Å². The third-order valence-electron chi connectivity index (χ3n) is 4.78. The molecule has 2 aromatic rings. The molecule has 2 heterocycles. The molecular formula is C19H26N4O. The number of rotatable bonds is 7. The second kappa shape index (κ2) is 7.16. The van der Waals surface area contributed by atoms with E-state index in [-0.39, 0.29) is 5.91 Å². The Balaban J connectivity index is 1.71. The van der Waals surface area contributed by atoms with Gasteiger partial charge in [-0.15, -0.1) is 0 Å². The van der Waals surface area contributed by atoms with Crippen molar-refractivity contribution in [3.8, 4) is 0 Å². The number of hydrogen-bond acceptors (Lipinski definition) is 3. The summed E-state index contributed by atoms with van der Waals surface area (Å²) >= 11 is 0. The number of aryl methyl sites for hydroxylation is 2. The molecule has 1 saturated carbocycles. The highest BCUT2D eigenvalue weighted by molar-refractivity contribution is 6.02. The van der Waals surface area contributed by atoms with Crippen molar-refractivity contribution in [3.05, 3.63) is 41.3 Å². The van der Waals surface area contributed by atoms with E-state index in [1.54, 1.807) is 6.07 Å². The normalized spacial score (nSPS) is 15.3. The molecule has 0 unspecified atom stereocenters. The molecule has 3 rings (SSSR count). The number of pyridine rings is 1. The molecule has 1 aliphatic carbocycles. The molecule has 0 saturated heterocycles. The smallest absolute Gasteiger partial charge is 0.275 e. The van der Waals surface area contributed by atoms with Gasteiger partial charge in [-0.2, -0.15) is 5.10 Å². The minimum atomic E-state index is -0.176. The second-order valence-corrected chi connectivity index (χ2v) is 6.81. The van der Waals surface area contributed by atoms with Gasteiger partial charge in [-0.3, -0.25) is 9.78 Å². The van der Waals surface area contributed by atoms with E-state index < -0.39 is 0 Å². The van der Waals surface area contributed by atoms with Crippen molar-refractivity contribution in [2.45, 2.75) is 58.9 Å². The zero-order valence-corrected chi connectivity index (χ0v) is 14.7. The lowest BCUT2D eigenvalue weighted by Gasteiger charge is -2.16. The molecule has 1 amide bonds. The fourth-order valence-corrected chi connectivity index (χ4v) is 2.95. The molecule has 0 radical (unpaired) electrons. The SMILES string of the molecule is CCCCc1ccc(C(=O)Nc2c(C)cnn2[C@@H](C)C2CC2)nc1. The van der Waals surface area contributed by atoms with Gasteiger partial charge in [0.15, 0.2) is 0 Å². The van der Waals surface area contributed by atoms with Crippen LogP contribution in [0, 0.1) is 12.8 Å². The number of aromatic nitrogens is 3. The Morgan fingerprint density at radius 1 is 1.38 bits per heavy atom. The maximum Gasteiger partial charge on any atom is 0.275 e. The third-order valence-corrected chi connectivity index (χ3v) is 4.78. The molecule has 5 heteroatoms. The van der Waals surface area contributed by atoms with Crippen LogP contribution in [0.3, 0.4) is 0 Å². The Kier molecular flexibility index (Phi) is 4.97. The lowest BCUT2D eigenvalue weighted by atomic mass is 10.1.